The van der Waals surface area contributed by atoms with Crippen LogP contribution in [0.5, 0.6) is 0 Å². The summed E-state index contributed by atoms with van der Waals surface area (Å²) in [5, 5.41) is 21.1. The first-order valence-corrected chi connectivity index (χ1v) is 4.27. The zero-order chi connectivity index (χ0) is 11.6. The van der Waals surface area contributed by atoms with Crippen molar-refractivity contribution in [3.63, 3.8) is 0 Å². The van der Waals surface area contributed by atoms with Crippen molar-refractivity contribution in [2.75, 3.05) is 0 Å². The Bertz CT molecular complexity index is 382. The summed E-state index contributed by atoms with van der Waals surface area (Å²) < 4.78 is 0. The number of nitrogens with zero attached hydrogens (tertiary/aromatic N) is 2. The van der Waals surface area contributed by atoms with Gasteiger partial charge in [-0.1, -0.05) is 17.2 Å². The van der Waals surface area contributed by atoms with Gasteiger partial charge >= 0.3 is 6.17 Å². The van der Waals surface area contributed by atoms with Crippen molar-refractivity contribution in [1.82, 2.24) is 0 Å². The van der Waals surface area contributed by atoms with Gasteiger partial charge in [0.05, 0.1) is 0 Å². The van der Waals surface area contributed by atoms with E-state index >= 15 is 0 Å². The number of rotatable bonds is 3. The molecule has 6 heteroatoms. The predicted molar refractivity (Wildman–Crippen MR) is 52.6 cm³/mol. The fourth-order valence-corrected chi connectivity index (χ4v) is 1.48. The minimum Gasteiger partial charge on any atom is -0.258 e. The van der Waals surface area contributed by atoms with Crippen molar-refractivity contribution in [2.24, 2.45) is 0 Å². The second kappa shape index (κ2) is 4.04. The molecule has 0 bridgehead atoms. The smallest absolute Gasteiger partial charge is 0.258 e. The molecule has 15 heavy (non-hydrogen) atoms. The molecule has 0 aromatic heterocycles. The number of hydrogen-bond acceptors (Lipinski definition) is 4. The van der Waals surface area contributed by atoms with E-state index in [0.29, 0.717) is 0 Å². The number of hydrogen-bond donors (Lipinski definition) is 0. The second-order valence-electron chi connectivity index (χ2n) is 3.37. The summed E-state index contributed by atoms with van der Waals surface area (Å²) >= 11 is 0. The molecule has 0 N–H and O–H groups in total. The first-order chi connectivity index (χ1) is 6.91. The average Bonchev–Trinajstić information content (AvgIpc) is 1.99. The van der Waals surface area contributed by atoms with Crippen LogP contribution in [0.15, 0.2) is 18.2 Å². The van der Waals surface area contributed by atoms with Crippen LogP contribution in [-0.2, 0) is 0 Å². The lowest BCUT2D eigenvalue weighted by molar-refractivity contribution is -0.752. The van der Waals surface area contributed by atoms with Crippen LogP contribution in [0.3, 0.4) is 0 Å². The Morgan fingerprint density at radius 3 is 1.73 bits per heavy atom. The molecule has 0 aliphatic rings. The highest BCUT2D eigenvalue weighted by Gasteiger charge is 2.34. The zero-order valence-corrected chi connectivity index (χ0v) is 8.34. The van der Waals surface area contributed by atoms with E-state index in [-0.39, 0.29) is 5.56 Å². The average molecular weight is 210 g/mol. The Morgan fingerprint density at radius 1 is 1.00 bits per heavy atom. The quantitative estimate of drug-likeness (QED) is 0.432. The van der Waals surface area contributed by atoms with Crippen LogP contribution in [-0.4, -0.2) is 9.85 Å². The largest absolute Gasteiger partial charge is 0.476 e. The maximum Gasteiger partial charge on any atom is 0.476 e. The minimum atomic E-state index is -1.87. The van der Waals surface area contributed by atoms with Crippen LogP contribution in [0.2, 0.25) is 0 Å². The van der Waals surface area contributed by atoms with E-state index in [2.05, 4.69) is 0 Å². The lowest BCUT2D eigenvalue weighted by Crippen LogP contribution is -2.19. The van der Waals surface area contributed by atoms with Gasteiger partial charge in [-0.2, -0.15) is 0 Å². The SMILES string of the molecule is Cc1cc(C)cc(C([N+](=O)[O-])[N+](=O)[O-])c1. The maximum absolute atomic E-state index is 10.5. The first kappa shape index (κ1) is 11.1. The Kier molecular flexibility index (Phi) is 2.99. The Balaban J connectivity index is 3.22. The van der Waals surface area contributed by atoms with E-state index in [1.54, 1.807) is 19.9 Å². The number of benzene rings is 1. The van der Waals surface area contributed by atoms with Crippen molar-refractivity contribution in [3.8, 4) is 0 Å². The van der Waals surface area contributed by atoms with Gasteiger partial charge in [-0.05, 0) is 26.0 Å². The molecular formula is C9H10N2O4. The van der Waals surface area contributed by atoms with Gasteiger partial charge in [-0.15, -0.1) is 0 Å². The van der Waals surface area contributed by atoms with Gasteiger partial charge in [0.25, 0.3) is 0 Å². The minimum absolute atomic E-state index is 0.113. The van der Waals surface area contributed by atoms with E-state index < -0.39 is 16.0 Å². The summed E-state index contributed by atoms with van der Waals surface area (Å²) in [4.78, 5) is 19.3. The highest BCUT2D eigenvalue weighted by Crippen LogP contribution is 2.20. The molecule has 80 valence electrons. The van der Waals surface area contributed by atoms with Crippen LogP contribution < -0.4 is 0 Å². The fraction of sp³-hybridized carbons (Fsp3) is 0.333. The third-order valence-electron chi connectivity index (χ3n) is 1.94. The standard InChI is InChI=1S/C9H10N2O4/c1-6-3-7(2)5-8(4-6)9(10(12)13)11(14)15/h3-5,9H,1-2H3. The molecule has 0 saturated heterocycles. The lowest BCUT2D eigenvalue weighted by atomic mass is 10.1. The molecule has 6 nitrogen and oxygen atoms in total. The summed E-state index contributed by atoms with van der Waals surface area (Å²) in [6.07, 6.45) is -1.87. The highest BCUT2D eigenvalue weighted by atomic mass is 16.7. The van der Waals surface area contributed by atoms with E-state index in [4.69, 9.17) is 0 Å². The van der Waals surface area contributed by atoms with Gasteiger partial charge in [-0.3, -0.25) is 20.2 Å². The van der Waals surface area contributed by atoms with Gasteiger partial charge in [0.1, 0.15) is 15.4 Å². The zero-order valence-electron chi connectivity index (χ0n) is 8.34. The molecule has 0 aliphatic carbocycles. The summed E-state index contributed by atoms with van der Waals surface area (Å²) in [5.74, 6) is 0. The van der Waals surface area contributed by atoms with Crippen molar-refractivity contribution in [3.05, 3.63) is 55.1 Å². The van der Waals surface area contributed by atoms with Crippen LogP contribution >= 0.6 is 0 Å². The molecule has 0 unspecified atom stereocenters. The van der Waals surface area contributed by atoms with Crippen molar-refractivity contribution in [2.45, 2.75) is 20.0 Å². The molecular weight excluding hydrogens is 200 g/mol. The second-order valence-corrected chi connectivity index (χ2v) is 3.37. The molecule has 1 rings (SSSR count). The molecule has 1 aromatic rings. The van der Waals surface area contributed by atoms with Gasteiger partial charge < -0.3 is 0 Å². The molecule has 1 aromatic carbocycles. The van der Waals surface area contributed by atoms with Crippen LogP contribution in [0.25, 0.3) is 0 Å². The van der Waals surface area contributed by atoms with Crippen molar-refractivity contribution < 1.29 is 9.85 Å². The Labute approximate surface area is 85.8 Å². The summed E-state index contributed by atoms with van der Waals surface area (Å²) in [7, 11) is 0. The molecule has 0 atom stereocenters. The van der Waals surface area contributed by atoms with Crippen LogP contribution in [0, 0.1) is 34.1 Å². The van der Waals surface area contributed by atoms with Gasteiger partial charge in [-0.25, -0.2) is 0 Å². The topological polar surface area (TPSA) is 86.3 Å². The van der Waals surface area contributed by atoms with E-state index in [9.17, 15) is 20.2 Å². The molecule has 0 fully saturated rings. The van der Waals surface area contributed by atoms with Crippen molar-refractivity contribution >= 4 is 0 Å². The van der Waals surface area contributed by atoms with E-state index in [1.807, 2.05) is 0 Å². The number of aryl methyl sites for hydroxylation is 2. The van der Waals surface area contributed by atoms with Crippen LogP contribution in [0.4, 0.5) is 0 Å². The third kappa shape index (κ3) is 2.49. The fourth-order valence-electron chi connectivity index (χ4n) is 1.48. The third-order valence-corrected chi connectivity index (χ3v) is 1.94. The molecule has 0 radical (unpaired) electrons. The molecule has 0 aliphatic heterocycles. The molecule has 0 amide bonds. The highest BCUT2D eigenvalue weighted by molar-refractivity contribution is 5.29. The summed E-state index contributed by atoms with van der Waals surface area (Å²) in [6, 6.07) is 4.73. The first-order valence-electron chi connectivity index (χ1n) is 4.27. The van der Waals surface area contributed by atoms with E-state index in [1.165, 1.54) is 12.1 Å². The maximum atomic E-state index is 10.5. The summed E-state index contributed by atoms with van der Waals surface area (Å²) in [6.45, 7) is 3.49. The molecule has 0 saturated carbocycles. The Morgan fingerprint density at radius 2 is 1.40 bits per heavy atom. The predicted octanol–water partition coefficient (Wildman–Crippen LogP) is 1.86. The van der Waals surface area contributed by atoms with Crippen LogP contribution in [0.1, 0.15) is 22.9 Å². The van der Waals surface area contributed by atoms with Gasteiger partial charge in [0.2, 0.25) is 0 Å². The normalized spacial score (nSPS) is 10.3. The molecule has 0 spiro atoms. The Hall–Kier alpha value is -1.98. The number of nitro groups is 2. The van der Waals surface area contributed by atoms with Gasteiger partial charge in [0.15, 0.2) is 0 Å². The monoisotopic (exact) mass is 210 g/mol. The van der Waals surface area contributed by atoms with Gasteiger partial charge in [0, 0.05) is 0 Å². The molecule has 0 heterocycles. The van der Waals surface area contributed by atoms with E-state index in [0.717, 1.165) is 11.1 Å². The summed E-state index contributed by atoms with van der Waals surface area (Å²) in [5.41, 5.74) is 1.67. The van der Waals surface area contributed by atoms with Crippen molar-refractivity contribution in [1.29, 1.82) is 0 Å². The lowest BCUT2D eigenvalue weighted by Gasteiger charge is -2.04.